The van der Waals surface area contributed by atoms with Crippen LogP contribution in [0.25, 0.3) is 0 Å². The summed E-state index contributed by atoms with van der Waals surface area (Å²) in [7, 11) is 0. The second-order valence-electron chi connectivity index (χ2n) is 2.29. The quantitative estimate of drug-likeness (QED) is 0.484. The molecule has 0 saturated heterocycles. The standard InChI is InChI=1S/C8H9FN2/c1-6(11-9)7-2-4-8(10)5-3-7/h2-5H,10H2,1H3/b11-6-. The molecule has 0 aromatic heterocycles. The highest BCUT2D eigenvalue weighted by Gasteiger charge is 1.95. The third kappa shape index (κ3) is 1.77. The van der Waals surface area contributed by atoms with Gasteiger partial charge in [-0.05, 0) is 24.6 Å². The summed E-state index contributed by atoms with van der Waals surface area (Å²) < 4.78 is 11.7. The SMILES string of the molecule is C/C(=N/F)c1ccc(N)cc1. The van der Waals surface area contributed by atoms with Gasteiger partial charge in [-0.25, -0.2) is 0 Å². The van der Waals surface area contributed by atoms with Crippen LogP contribution in [0.5, 0.6) is 0 Å². The Balaban J connectivity index is 2.99. The van der Waals surface area contributed by atoms with Crippen molar-refractivity contribution in [2.75, 3.05) is 5.73 Å². The first-order valence-corrected chi connectivity index (χ1v) is 3.25. The Morgan fingerprint density at radius 3 is 2.36 bits per heavy atom. The summed E-state index contributed by atoms with van der Waals surface area (Å²) in [5.41, 5.74) is 7.22. The minimum atomic E-state index is 0.366. The zero-order valence-electron chi connectivity index (χ0n) is 6.21. The number of rotatable bonds is 1. The molecule has 0 radical (unpaired) electrons. The van der Waals surface area contributed by atoms with Gasteiger partial charge in [0.2, 0.25) is 0 Å². The van der Waals surface area contributed by atoms with Crippen molar-refractivity contribution in [3.05, 3.63) is 29.8 Å². The smallest absolute Gasteiger partial charge is 0.0775 e. The lowest BCUT2D eigenvalue weighted by Crippen LogP contribution is -1.93. The largest absolute Gasteiger partial charge is 0.399 e. The maximum Gasteiger partial charge on any atom is 0.0775 e. The van der Waals surface area contributed by atoms with Crippen molar-refractivity contribution < 1.29 is 4.48 Å². The molecule has 1 aromatic carbocycles. The van der Waals surface area contributed by atoms with E-state index in [0.29, 0.717) is 11.4 Å². The van der Waals surface area contributed by atoms with Crippen molar-refractivity contribution in [3.63, 3.8) is 0 Å². The van der Waals surface area contributed by atoms with Crippen LogP contribution >= 0.6 is 0 Å². The lowest BCUT2D eigenvalue weighted by atomic mass is 10.1. The molecule has 0 aliphatic rings. The number of anilines is 1. The fraction of sp³-hybridized carbons (Fsp3) is 0.125. The van der Waals surface area contributed by atoms with E-state index in [1.807, 2.05) is 0 Å². The summed E-state index contributed by atoms with van der Waals surface area (Å²) >= 11 is 0. The average Bonchev–Trinajstić information content (AvgIpc) is 2.05. The highest BCUT2D eigenvalue weighted by atomic mass is 19.2. The Morgan fingerprint density at radius 2 is 1.91 bits per heavy atom. The van der Waals surface area contributed by atoms with Gasteiger partial charge in [-0.1, -0.05) is 21.8 Å². The van der Waals surface area contributed by atoms with E-state index in [2.05, 4.69) is 5.21 Å². The number of nitrogens with zero attached hydrogens (tertiary/aromatic N) is 1. The van der Waals surface area contributed by atoms with E-state index in [1.165, 1.54) is 0 Å². The molecule has 0 fully saturated rings. The third-order valence-electron chi connectivity index (χ3n) is 1.46. The van der Waals surface area contributed by atoms with E-state index in [9.17, 15) is 4.48 Å². The van der Waals surface area contributed by atoms with Gasteiger partial charge in [0.05, 0.1) is 5.71 Å². The van der Waals surface area contributed by atoms with E-state index in [4.69, 9.17) is 5.73 Å². The van der Waals surface area contributed by atoms with Gasteiger partial charge >= 0.3 is 0 Å². The first kappa shape index (κ1) is 7.72. The predicted molar refractivity (Wildman–Crippen MR) is 44.2 cm³/mol. The van der Waals surface area contributed by atoms with E-state index in [-0.39, 0.29) is 0 Å². The lowest BCUT2D eigenvalue weighted by molar-refractivity contribution is 0.537. The number of halogens is 1. The van der Waals surface area contributed by atoms with Crippen LogP contribution in [0.4, 0.5) is 10.2 Å². The highest BCUT2D eigenvalue weighted by molar-refractivity contribution is 5.98. The first-order valence-electron chi connectivity index (χ1n) is 3.25. The second kappa shape index (κ2) is 3.14. The summed E-state index contributed by atoms with van der Waals surface area (Å²) in [5.74, 6) is 0. The number of hydrogen-bond acceptors (Lipinski definition) is 2. The Labute approximate surface area is 64.5 Å². The van der Waals surface area contributed by atoms with Crippen LogP contribution in [0, 0.1) is 0 Å². The minimum absolute atomic E-state index is 0.366. The van der Waals surface area contributed by atoms with Gasteiger partial charge in [0.15, 0.2) is 0 Å². The number of nitrogen functional groups attached to an aromatic ring is 1. The summed E-state index contributed by atoms with van der Waals surface area (Å²) in [6.07, 6.45) is 0. The predicted octanol–water partition coefficient (Wildman–Crippen LogP) is 1.96. The molecule has 58 valence electrons. The normalized spacial score (nSPS) is 11.6. The summed E-state index contributed by atoms with van der Waals surface area (Å²) in [6.45, 7) is 1.60. The molecule has 2 N–H and O–H groups in total. The van der Waals surface area contributed by atoms with Crippen molar-refractivity contribution in [1.82, 2.24) is 0 Å². The van der Waals surface area contributed by atoms with Crippen LogP contribution in [0.15, 0.2) is 29.5 Å². The van der Waals surface area contributed by atoms with Crippen LogP contribution < -0.4 is 5.73 Å². The molecule has 1 aromatic rings. The van der Waals surface area contributed by atoms with Crippen LogP contribution in [0.3, 0.4) is 0 Å². The van der Waals surface area contributed by atoms with Gasteiger partial charge in [0.25, 0.3) is 0 Å². The van der Waals surface area contributed by atoms with Crippen molar-refractivity contribution in [2.45, 2.75) is 6.92 Å². The van der Waals surface area contributed by atoms with E-state index >= 15 is 0 Å². The fourth-order valence-corrected chi connectivity index (χ4v) is 0.773. The molecule has 1 rings (SSSR count). The molecule has 0 aliphatic heterocycles. The second-order valence-corrected chi connectivity index (χ2v) is 2.29. The lowest BCUT2D eigenvalue weighted by Gasteiger charge is -1.96. The third-order valence-corrected chi connectivity index (χ3v) is 1.46. The molecule has 0 unspecified atom stereocenters. The molecule has 3 heteroatoms. The molecule has 0 heterocycles. The maximum absolute atomic E-state index is 11.7. The maximum atomic E-state index is 11.7. The Hall–Kier alpha value is -1.38. The van der Waals surface area contributed by atoms with Gasteiger partial charge in [0.1, 0.15) is 0 Å². The van der Waals surface area contributed by atoms with Crippen molar-refractivity contribution >= 4 is 11.4 Å². The molecule has 0 spiro atoms. The van der Waals surface area contributed by atoms with Gasteiger partial charge in [-0.3, -0.25) is 0 Å². The zero-order chi connectivity index (χ0) is 8.27. The molecule has 11 heavy (non-hydrogen) atoms. The first-order chi connectivity index (χ1) is 5.24. The van der Waals surface area contributed by atoms with Gasteiger partial charge in [-0.15, -0.1) is 0 Å². The molecule has 0 saturated carbocycles. The summed E-state index contributed by atoms with van der Waals surface area (Å²) in [5, 5.41) is 2.56. The summed E-state index contributed by atoms with van der Waals surface area (Å²) in [4.78, 5) is 0. The molecular formula is C8H9FN2. The van der Waals surface area contributed by atoms with Gasteiger partial charge in [0, 0.05) is 5.69 Å². The monoisotopic (exact) mass is 152 g/mol. The highest BCUT2D eigenvalue weighted by Crippen LogP contribution is 2.06. The Kier molecular flexibility index (Phi) is 2.21. The van der Waals surface area contributed by atoms with Crippen LogP contribution in [-0.2, 0) is 0 Å². The molecule has 0 bridgehead atoms. The Bertz CT molecular complexity index is 264. The Morgan fingerprint density at radius 1 is 1.36 bits per heavy atom. The van der Waals surface area contributed by atoms with E-state index in [0.717, 1.165) is 5.56 Å². The van der Waals surface area contributed by atoms with Crippen molar-refractivity contribution in [1.29, 1.82) is 0 Å². The van der Waals surface area contributed by atoms with Gasteiger partial charge in [-0.2, -0.15) is 0 Å². The number of hydrogen-bond donors (Lipinski definition) is 1. The molecular weight excluding hydrogens is 143 g/mol. The van der Waals surface area contributed by atoms with Crippen LogP contribution in [-0.4, -0.2) is 5.71 Å². The van der Waals surface area contributed by atoms with Gasteiger partial charge < -0.3 is 5.73 Å². The average molecular weight is 152 g/mol. The molecule has 0 amide bonds. The number of nitrogens with two attached hydrogens (primary N) is 1. The molecule has 0 atom stereocenters. The van der Waals surface area contributed by atoms with E-state index in [1.54, 1.807) is 31.2 Å². The summed E-state index contributed by atoms with van der Waals surface area (Å²) in [6, 6.07) is 6.88. The minimum Gasteiger partial charge on any atom is -0.399 e. The zero-order valence-corrected chi connectivity index (χ0v) is 6.21. The van der Waals surface area contributed by atoms with Crippen LogP contribution in [0.1, 0.15) is 12.5 Å². The number of benzene rings is 1. The van der Waals surface area contributed by atoms with Crippen LogP contribution in [0.2, 0.25) is 0 Å². The molecule has 2 nitrogen and oxygen atoms in total. The van der Waals surface area contributed by atoms with E-state index < -0.39 is 0 Å². The molecule has 0 aliphatic carbocycles. The fourth-order valence-electron chi connectivity index (χ4n) is 0.773. The van der Waals surface area contributed by atoms with Crippen molar-refractivity contribution in [2.24, 2.45) is 5.21 Å². The topological polar surface area (TPSA) is 38.4 Å². The van der Waals surface area contributed by atoms with Crippen molar-refractivity contribution in [3.8, 4) is 0 Å².